The lowest BCUT2D eigenvalue weighted by molar-refractivity contribution is -0.138. The van der Waals surface area contributed by atoms with E-state index in [0.29, 0.717) is 18.8 Å². The number of rotatable bonds is 7. The molecule has 1 aromatic heterocycles. The molecule has 0 bridgehead atoms. The summed E-state index contributed by atoms with van der Waals surface area (Å²) in [5, 5.41) is 21.7. The zero-order chi connectivity index (χ0) is 26.8. The number of alkyl halides is 3. The van der Waals surface area contributed by atoms with Crippen LogP contribution in [-0.4, -0.2) is 44.5 Å². The largest absolute Gasteiger partial charge is 0.416 e. The molecule has 3 aromatic rings. The Kier molecular flexibility index (Phi) is 7.67. The number of benzene rings is 2. The molecule has 12 heteroatoms. The van der Waals surface area contributed by atoms with Gasteiger partial charge in [-0.1, -0.05) is 17.7 Å². The van der Waals surface area contributed by atoms with E-state index in [2.05, 4.69) is 10.3 Å². The van der Waals surface area contributed by atoms with Gasteiger partial charge in [-0.15, -0.1) is 0 Å². The lowest BCUT2D eigenvalue weighted by atomic mass is 9.90. The van der Waals surface area contributed by atoms with Crippen LogP contribution in [0.15, 0.2) is 53.6 Å². The van der Waals surface area contributed by atoms with Crippen LogP contribution in [0, 0.1) is 11.2 Å². The Balaban J connectivity index is 1.44. The molecule has 0 spiro atoms. The van der Waals surface area contributed by atoms with Crippen LogP contribution >= 0.6 is 11.6 Å². The molecular weight excluding hydrogens is 514 g/mol. The predicted molar refractivity (Wildman–Crippen MR) is 132 cm³/mol. The van der Waals surface area contributed by atoms with Crippen molar-refractivity contribution >= 4 is 29.3 Å². The van der Waals surface area contributed by atoms with Gasteiger partial charge in [0.05, 0.1) is 24.0 Å². The Morgan fingerprint density at radius 2 is 1.84 bits per heavy atom. The second-order valence-corrected chi connectivity index (χ2v) is 9.45. The number of halogens is 5. The van der Waals surface area contributed by atoms with Crippen molar-refractivity contribution in [2.45, 2.75) is 37.7 Å². The summed E-state index contributed by atoms with van der Waals surface area (Å²) in [5.74, 6) is -0.303. The molecule has 1 aliphatic rings. The highest BCUT2D eigenvalue weighted by Crippen LogP contribution is 2.35. The SMILES string of the molecule is N=Cc1c(Nc2ccc(F)cc2)ncn(CC2(O)CCN(Cc3ccc(Cl)cc3C(F)(F)F)CC2)c1=O. The average molecular weight is 538 g/mol. The van der Waals surface area contributed by atoms with Crippen LogP contribution in [-0.2, 0) is 19.3 Å². The van der Waals surface area contributed by atoms with Crippen molar-refractivity contribution in [3.05, 3.63) is 86.7 Å². The van der Waals surface area contributed by atoms with Crippen LogP contribution in [0.25, 0.3) is 0 Å². The molecular formula is C25H24ClF4N5O2. The summed E-state index contributed by atoms with van der Waals surface area (Å²) < 4.78 is 54.6. The van der Waals surface area contributed by atoms with Gasteiger partial charge in [-0.05, 0) is 54.8 Å². The molecule has 1 aliphatic heterocycles. The Morgan fingerprint density at radius 1 is 1.16 bits per heavy atom. The second kappa shape index (κ2) is 10.6. The highest BCUT2D eigenvalue weighted by atomic mass is 35.5. The molecule has 3 N–H and O–H groups in total. The average Bonchev–Trinajstić information content (AvgIpc) is 2.84. The maximum Gasteiger partial charge on any atom is 0.416 e. The van der Waals surface area contributed by atoms with Crippen LogP contribution in [0.4, 0.5) is 29.1 Å². The highest BCUT2D eigenvalue weighted by Gasteiger charge is 2.36. The summed E-state index contributed by atoms with van der Waals surface area (Å²) in [7, 11) is 0. The Morgan fingerprint density at radius 3 is 2.46 bits per heavy atom. The monoisotopic (exact) mass is 537 g/mol. The standard InChI is InChI=1S/C25H24ClF4N5O2/c26-17-2-1-16(21(11-17)25(28,29)30)13-34-9-7-24(37,8-10-34)14-35-15-32-22(20(12-31)23(35)36)33-19-5-3-18(27)4-6-19/h1-6,11-12,15,31,33,37H,7-10,13-14H2. The number of piperidine rings is 1. The first-order valence-electron chi connectivity index (χ1n) is 11.4. The van der Waals surface area contributed by atoms with Crippen LogP contribution < -0.4 is 10.9 Å². The zero-order valence-corrected chi connectivity index (χ0v) is 20.3. The summed E-state index contributed by atoms with van der Waals surface area (Å²) in [6.07, 6.45) is -1.97. The third kappa shape index (κ3) is 6.35. The normalized spacial score (nSPS) is 15.9. The molecule has 0 atom stereocenters. The Hall–Kier alpha value is -3.28. The third-order valence-electron chi connectivity index (χ3n) is 6.35. The molecule has 2 aromatic carbocycles. The third-order valence-corrected chi connectivity index (χ3v) is 6.58. The van der Waals surface area contributed by atoms with Gasteiger partial charge in [0.1, 0.15) is 17.2 Å². The molecule has 37 heavy (non-hydrogen) atoms. The molecule has 4 rings (SSSR count). The Bertz CT molecular complexity index is 1340. The molecule has 0 aliphatic carbocycles. The molecule has 0 amide bonds. The Labute approximate surface area is 214 Å². The fourth-order valence-electron chi connectivity index (χ4n) is 4.31. The smallest absolute Gasteiger partial charge is 0.388 e. The first-order valence-corrected chi connectivity index (χ1v) is 11.8. The number of nitrogens with zero attached hydrogens (tertiary/aromatic N) is 3. The fraction of sp³-hybridized carbons (Fsp3) is 0.320. The van der Waals surface area contributed by atoms with Crippen molar-refractivity contribution in [2.75, 3.05) is 18.4 Å². The molecule has 196 valence electrons. The van der Waals surface area contributed by atoms with Gasteiger partial charge in [-0.3, -0.25) is 14.3 Å². The zero-order valence-electron chi connectivity index (χ0n) is 19.5. The topological polar surface area (TPSA) is 94.2 Å². The summed E-state index contributed by atoms with van der Waals surface area (Å²) in [6, 6.07) is 9.10. The van der Waals surface area contributed by atoms with Gasteiger partial charge in [0.2, 0.25) is 0 Å². The summed E-state index contributed by atoms with van der Waals surface area (Å²) in [6.45, 7) is 0.602. The molecule has 0 radical (unpaired) electrons. The number of aromatic nitrogens is 2. The maximum absolute atomic E-state index is 13.4. The molecule has 0 saturated carbocycles. The minimum atomic E-state index is -4.53. The van der Waals surface area contributed by atoms with Crippen LogP contribution in [0.1, 0.15) is 29.5 Å². The van der Waals surface area contributed by atoms with Gasteiger partial charge in [-0.25, -0.2) is 9.37 Å². The minimum absolute atomic E-state index is 0.00586. The van der Waals surface area contributed by atoms with Crippen molar-refractivity contribution in [2.24, 2.45) is 0 Å². The van der Waals surface area contributed by atoms with Crippen molar-refractivity contribution in [1.29, 1.82) is 5.41 Å². The fourth-order valence-corrected chi connectivity index (χ4v) is 4.48. The van der Waals surface area contributed by atoms with E-state index in [-0.39, 0.29) is 47.9 Å². The maximum atomic E-state index is 13.4. The number of hydrogen-bond donors (Lipinski definition) is 3. The summed E-state index contributed by atoms with van der Waals surface area (Å²) in [4.78, 5) is 19.0. The number of likely N-dealkylation sites (tertiary alicyclic amines) is 1. The van der Waals surface area contributed by atoms with Crippen molar-refractivity contribution < 1.29 is 22.7 Å². The van der Waals surface area contributed by atoms with E-state index < -0.39 is 28.7 Å². The number of anilines is 2. The van der Waals surface area contributed by atoms with E-state index in [1.807, 2.05) is 4.90 Å². The molecule has 7 nitrogen and oxygen atoms in total. The van der Waals surface area contributed by atoms with E-state index in [4.69, 9.17) is 17.0 Å². The van der Waals surface area contributed by atoms with Crippen molar-refractivity contribution in [3.63, 3.8) is 0 Å². The van der Waals surface area contributed by atoms with Crippen LogP contribution in [0.2, 0.25) is 5.02 Å². The lowest BCUT2D eigenvalue weighted by Gasteiger charge is -2.38. The van der Waals surface area contributed by atoms with Gasteiger partial charge in [0.25, 0.3) is 5.56 Å². The summed E-state index contributed by atoms with van der Waals surface area (Å²) in [5.41, 5.74) is -2.05. The van der Waals surface area contributed by atoms with E-state index in [0.717, 1.165) is 12.3 Å². The lowest BCUT2D eigenvalue weighted by Crippen LogP contribution is -2.48. The summed E-state index contributed by atoms with van der Waals surface area (Å²) >= 11 is 5.76. The van der Waals surface area contributed by atoms with Gasteiger partial charge >= 0.3 is 6.18 Å². The van der Waals surface area contributed by atoms with Crippen LogP contribution in [0.3, 0.4) is 0 Å². The highest BCUT2D eigenvalue weighted by molar-refractivity contribution is 6.30. The van der Waals surface area contributed by atoms with E-state index in [1.165, 1.54) is 47.3 Å². The first-order chi connectivity index (χ1) is 17.5. The van der Waals surface area contributed by atoms with Crippen molar-refractivity contribution in [1.82, 2.24) is 14.5 Å². The van der Waals surface area contributed by atoms with Crippen molar-refractivity contribution in [3.8, 4) is 0 Å². The van der Waals surface area contributed by atoms with Gasteiger partial charge in [0.15, 0.2) is 0 Å². The van der Waals surface area contributed by atoms with Gasteiger partial charge in [0, 0.05) is 36.6 Å². The number of hydrogen-bond acceptors (Lipinski definition) is 6. The quantitative estimate of drug-likeness (QED) is 0.297. The first kappa shape index (κ1) is 26.8. The van der Waals surface area contributed by atoms with E-state index >= 15 is 0 Å². The van der Waals surface area contributed by atoms with Gasteiger partial charge in [-0.2, -0.15) is 13.2 Å². The molecule has 0 unspecified atom stereocenters. The number of nitrogens with one attached hydrogen (secondary N) is 2. The second-order valence-electron chi connectivity index (χ2n) is 9.02. The van der Waals surface area contributed by atoms with E-state index in [9.17, 15) is 27.5 Å². The molecule has 2 heterocycles. The minimum Gasteiger partial charge on any atom is -0.388 e. The van der Waals surface area contributed by atoms with Crippen LogP contribution in [0.5, 0.6) is 0 Å². The van der Waals surface area contributed by atoms with E-state index in [1.54, 1.807) is 0 Å². The van der Waals surface area contributed by atoms with Gasteiger partial charge < -0.3 is 15.8 Å². The molecule has 1 saturated heterocycles. The predicted octanol–water partition coefficient (Wildman–Crippen LogP) is 4.82. The molecule has 1 fully saturated rings. The number of aliphatic hydroxyl groups is 1.